The summed E-state index contributed by atoms with van der Waals surface area (Å²) in [4.78, 5) is 11.2. The normalized spacial score (nSPS) is 29.5. The zero-order chi connectivity index (χ0) is 15.0. The van der Waals surface area contributed by atoms with Gasteiger partial charge in [-0.25, -0.2) is 4.79 Å². The van der Waals surface area contributed by atoms with Crippen molar-refractivity contribution in [3.8, 4) is 5.75 Å². The van der Waals surface area contributed by atoms with Crippen molar-refractivity contribution >= 4 is 22.7 Å². The van der Waals surface area contributed by atoms with Crippen molar-refractivity contribution in [3.63, 3.8) is 0 Å². The van der Waals surface area contributed by atoms with E-state index in [2.05, 4.69) is 0 Å². The Hall–Kier alpha value is -1.54. The highest BCUT2D eigenvalue weighted by molar-refractivity contribution is 7.99. The van der Waals surface area contributed by atoms with Crippen molar-refractivity contribution in [3.05, 3.63) is 40.8 Å². The lowest BCUT2D eigenvalue weighted by atomic mass is 10.1. The Labute approximate surface area is 124 Å². The third-order valence-corrected chi connectivity index (χ3v) is 4.54. The molecular formula is C14H14O6S. The van der Waals surface area contributed by atoms with Crippen LogP contribution < -0.4 is 10.4 Å². The second kappa shape index (κ2) is 5.69. The zero-order valence-electron chi connectivity index (χ0n) is 10.9. The van der Waals surface area contributed by atoms with Crippen LogP contribution in [0, 0.1) is 0 Å². The minimum absolute atomic E-state index is 0.269. The standard InChI is InChI=1S/C14H14O6S/c15-9-6-21-14(13(18)12(9)17)19-8-3-1-7-2-4-11(16)20-10(7)5-8/h1-5,9,12-15,17-18H,6H2/t9-,12+,13-,14-/m1/s1. The fourth-order valence-electron chi connectivity index (χ4n) is 2.13. The molecule has 1 aliphatic rings. The average Bonchev–Trinajstić information content (AvgIpc) is 2.47. The Morgan fingerprint density at radius 3 is 2.71 bits per heavy atom. The van der Waals surface area contributed by atoms with Crippen molar-refractivity contribution in [1.29, 1.82) is 0 Å². The molecule has 0 unspecified atom stereocenters. The Bertz CT molecular complexity index is 699. The first kappa shape index (κ1) is 14.4. The highest BCUT2D eigenvalue weighted by Crippen LogP contribution is 2.30. The summed E-state index contributed by atoms with van der Waals surface area (Å²) in [6.07, 6.45) is -3.41. The van der Waals surface area contributed by atoms with Crippen LogP contribution in [0.15, 0.2) is 39.5 Å². The zero-order valence-corrected chi connectivity index (χ0v) is 11.7. The van der Waals surface area contributed by atoms with Gasteiger partial charge in [-0.1, -0.05) is 0 Å². The molecule has 1 fully saturated rings. The van der Waals surface area contributed by atoms with E-state index in [4.69, 9.17) is 9.15 Å². The summed E-state index contributed by atoms with van der Waals surface area (Å²) in [5.74, 6) is 0.683. The highest BCUT2D eigenvalue weighted by Gasteiger charge is 2.38. The van der Waals surface area contributed by atoms with E-state index in [1.807, 2.05) is 0 Å². The Morgan fingerprint density at radius 2 is 1.90 bits per heavy atom. The van der Waals surface area contributed by atoms with Gasteiger partial charge in [0, 0.05) is 23.3 Å². The smallest absolute Gasteiger partial charge is 0.336 e. The van der Waals surface area contributed by atoms with Gasteiger partial charge in [0.2, 0.25) is 0 Å². The third-order valence-electron chi connectivity index (χ3n) is 3.30. The van der Waals surface area contributed by atoms with Gasteiger partial charge in [-0.15, -0.1) is 11.8 Å². The largest absolute Gasteiger partial charge is 0.477 e. The molecule has 3 rings (SSSR count). The molecule has 0 saturated carbocycles. The number of fused-ring (bicyclic) bond motifs is 1. The van der Waals surface area contributed by atoms with E-state index in [1.54, 1.807) is 24.3 Å². The molecule has 1 aromatic carbocycles. The number of rotatable bonds is 2. The van der Waals surface area contributed by atoms with E-state index >= 15 is 0 Å². The van der Waals surface area contributed by atoms with Gasteiger partial charge in [-0.05, 0) is 18.2 Å². The Balaban J connectivity index is 1.83. The van der Waals surface area contributed by atoms with Gasteiger partial charge < -0.3 is 24.5 Å². The third kappa shape index (κ3) is 2.91. The van der Waals surface area contributed by atoms with E-state index in [9.17, 15) is 20.1 Å². The quantitative estimate of drug-likeness (QED) is 0.687. The van der Waals surface area contributed by atoms with E-state index in [-0.39, 0.29) is 5.75 Å². The van der Waals surface area contributed by atoms with Crippen LogP contribution in [0.25, 0.3) is 11.0 Å². The summed E-state index contributed by atoms with van der Waals surface area (Å²) in [5.41, 5.74) is -0.766. The lowest BCUT2D eigenvalue weighted by Crippen LogP contribution is -2.50. The predicted octanol–water partition coefficient (Wildman–Crippen LogP) is 0.327. The number of hydrogen-bond acceptors (Lipinski definition) is 7. The molecule has 1 saturated heterocycles. The van der Waals surface area contributed by atoms with Crippen LogP contribution >= 0.6 is 11.8 Å². The molecule has 0 radical (unpaired) electrons. The molecule has 1 aliphatic heterocycles. The molecule has 1 aromatic heterocycles. The molecule has 7 heteroatoms. The fraction of sp³-hybridized carbons (Fsp3) is 0.357. The molecular weight excluding hydrogens is 296 g/mol. The topological polar surface area (TPSA) is 100 Å². The molecule has 0 spiro atoms. The van der Waals surface area contributed by atoms with Gasteiger partial charge in [0.25, 0.3) is 0 Å². The van der Waals surface area contributed by atoms with Crippen molar-refractivity contribution in [1.82, 2.24) is 0 Å². The maximum absolute atomic E-state index is 11.2. The summed E-state index contributed by atoms with van der Waals surface area (Å²) in [5, 5.41) is 29.8. The molecule has 2 aromatic rings. The number of aliphatic hydroxyl groups excluding tert-OH is 3. The van der Waals surface area contributed by atoms with Crippen LogP contribution in [0.1, 0.15) is 0 Å². The summed E-state index contributed by atoms with van der Waals surface area (Å²) in [6, 6.07) is 7.96. The van der Waals surface area contributed by atoms with E-state index in [1.165, 1.54) is 17.8 Å². The SMILES string of the molecule is O=c1ccc2ccc(O[C@@H]3SC[C@@H](O)[C@H](O)[C@H]3O)cc2o1. The number of aliphatic hydroxyl groups is 3. The maximum atomic E-state index is 11.2. The first-order chi connectivity index (χ1) is 10.0. The van der Waals surface area contributed by atoms with Gasteiger partial charge in [-0.2, -0.15) is 0 Å². The van der Waals surface area contributed by atoms with Crippen LogP contribution in [0.2, 0.25) is 0 Å². The monoisotopic (exact) mass is 310 g/mol. The molecule has 0 amide bonds. The number of hydrogen-bond donors (Lipinski definition) is 3. The molecule has 0 bridgehead atoms. The first-order valence-corrected chi connectivity index (χ1v) is 7.46. The second-order valence-corrected chi connectivity index (χ2v) is 5.95. The summed E-state index contributed by atoms with van der Waals surface area (Å²) in [7, 11) is 0. The van der Waals surface area contributed by atoms with E-state index in [0.29, 0.717) is 11.3 Å². The van der Waals surface area contributed by atoms with Crippen LogP contribution in [0.5, 0.6) is 5.75 Å². The molecule has 2 heterocycles. The van der Waals surface area contributed by atoms with Gasteiger partial charge >= 0.3 is 5.63 Å². The summed E-state index contributed by atoms with van der Waals surface area (Å²) < 4.78 is 10.7. The van der Waals surface area contributed by atoms with Crippen molar-refractivity contribution < 1.29 is 24.5 Å². The molecule has 21 heavy (non-hydrogen) atoms. The van der Waals surface area contributed by atoms with Gasteiger partial charge in [0.15, 0.2) is 5.44 Å². The predicted molar refractivity (Wildman–Crippen MR) is 77.4 cm³/mol. The van der Waals surface area contributed by atoms with E-state index in [0.717, 1.165) is 5.39 Å². The fourth-order valence-corrected chi connectivity index (χ4v) is 3.25. The van der Waals surface area contributed by atoms with Crippen LogP contribution in [-0.2, 0) is 0 Å². The summed E-state index contributed by atoms with van der Waals surface area (Å²) >= 11 is 1.21. The number of benzene rings is 1. The van der Waals surface area contributed by atoms with Crippen molar-refractivity contribution in [2.24, 2.45) is 0 Å². The highest BCUT2D eigenvalue weighted by atomic mass is 32.2. The van der Waals surface area contributed by atoms with Crippen molar-refractivity contribution in [2.45, 2.75) is 23.7 Å². The van der Waals surface area contributed by atoms with Gasteiger partial charge in [-0.3, -0.25) is 0 Å². The first-order valence-electron chi connectivity index (χ1n) is 6.41. The van der Waals surface area contributed by atoms with Gasteiger partial charge in [0.05, 0.1) is 6.10 Å². The van der Waals surface area contributed by atoms with Crippen LogP contribution in [-0.4, -0.2) is 44.8 Å². The number of thioether (sulfide) groups is 1. The summed E-state index contributed by atoms with van der Waals surface area (Å²) in [6.45, 7) is 0. The van der Waals surface area contributed by atoms with Gasteiger partial charge in [0.1, 0.15) is 23.5 Å². The molecule has 6 nitrogen and oxygen atoms in total. The van der Waals surface area contributed by atoms with Crippen LogP contribution in [0.4, 0.5) is 0 Å². The number of ether oxygens (including phenoxy) is 1. The minimum Gasteiger partial charge on any atom is -0.477 e. The molecule has 4 atom stereocenters. The Morgan fingerprint density at radius 1 is 1.14 bits per heavy atom. The molecule has 0 aliphatic carbocycles. The average molecular weight is 310 g/mol. The molecule has 3 N–H and O–H groups in total. The Kier molecular flexibility index (Phi) is 3.90. The van der Waals surface area contributed by atoms with Crippen molar-refractivity contribution in [2.75, 3.05) is 5.75 Å². The minimum atomic E-state index is -1.24. The molecule has 112 valence electrons. The van der Waals surface area contributed by atoms with Crippen LogP contribution in [0.3, 0.4) is 0 Å². The lowest BCUT2D eigenvalue weighted by molar-refractivity contribution is -0.0786. The maximum Gasteiger partial charge on any atom is 0.336 e. The second-order valence-electron chi connectivity index (χ2n) is 4.82. The van der Waals surface area contributed by atoms with E-state index < -0.39 is 29.4 Å². The lowest BCUT2D eigenvalue weighted by Gasteiger charge is -2.34.